The molecule has 1 fully saturated rings. The fourth-order valence-electron chi connectivity index (χ4n) is 2.15. The summed E-state index contributed by atoms with van der Waals surface area (Å²) in [6.45, 7) is 3.99. The molecule has 3 heterocycles. The molecule has 1 saturated heterocycles. The summed E-state index contributed by atoms with van der Waals surface area (Å²) < 4.78 is 12.5. The van der Waals surface area contributed by atoms with E-state index >= 15 is 0 Å². The van der Waals surface area contributed by atoms with Gasteiger partial charge in [0.15, 0.2) is 0 Å². The second-order valence-corrected chi connectivity index (χ2v) is 4.19. The number of carbonyl (C=O) groups excluding carboxylic acids is 1. The zero-order valence-corrected chi connectivity index (χ0v) is 9.59. The van der Waals surface area contributed by atoms with E-state index in [9.17, 15) is 4.79 Å². The van der Waals surface area contributed by atoms with Crippen molar-refractivity contribution < 1.29 is 14.3 Å². The fourth-order valence-corrected chi connectivity index (χ4v) is 2.15. The molecule has 0 bridgehead atoms. The van der Waals surface area contributed by atoms with Crippen molar-refractivity contribution in [3.05, 3.63) is 11.8 Å². The fraction of sp³-hybridized carbons (Fsp3) is 0.636. The van der Waals surface area contributed by atoms with Gasteiger partial charge in [-0.25, -0.2) is 4.68 Å². The molecule has 0 aliphatic carbocycles. The molecule has 0 saturated carbocycles. The number of rotatable bonds is 1. The highest BCUT2D eigenvalue weighted by Crippen LogP contribution is 2.23. The number of ether oxygens (including phenoxy) is 2. The quantitative estimate of drug-likeness (QED) is 0.697. The first kappa shape index (κ1) is 10.6. The van der Waals surface area contributed by atoms with Crippen LogP contribution in [0.3, 0.4) is 0 Å². The Balaban J connectivity index is 1.83. The third-order valence-electron chi connectivity index (χ3n) is 3.07. The second kappa shape index (κ2) is 4.37. The maximum atomic E-state index is 12.3. The summed E-state index contributed by atoms with van der Waals surface area (Å²) in [6.07, 6.45) is 2.55. The molecule has 1 aromatic heterocycles. The van der Waals surface area contributed by atoms with Crippen molar-refractivity contribution in [1.82, 2.24) is 14.7 Å². The van der Waals surface area contributed by atoms with E-state index < -0.39 is 0 Å². The van der Waals surface area contributed by atoms with Gasteiger partial charge < -0.3 is 14.4 Å². The van der Waals surface area contributed by atoms with Crippen LogP contribution in [0.15, 0.2) is 6.20 Å². The molecule has 3 rings (SSSR count). The lowest BCUT2D eigenvalue weighted by atomic mass is 10.2. The van der Waals surface area contributed by atoms with Crippen molar-refractivity contribution in [1.29, 1.82) is 0 Å². The van der Waals surface area contributed by atoms with Crippen molar-refractivity contribution in [3.8, 4) is 5.88 Å². The molecule has 2 aliphatic rings. The molecule has 0 spiro atoms. The molecule has 17 heavy (non-hydrogen) atoms. The average molecular weight is 237 g/mol. The van der Waals surface area contributed by atoms with E-state index in [1.165, 1.54) is 0 Å². The molecule has 1 amide bonds. The Morgan fingerprint density at radius 2 is 2.06 bits per heavy atom. The van der Waals surface area contributed by atoms with Crippen molar-refractivity contribution in [2.45, 2.75) is 13.0 Å². The van der Waals surface area contributed by atoms with Gasteiger partial charge in [-0.2, -0.15) is 5.10 Å². The normalized spacial score (nSPS) is 19.6. The van der Waals surface area contributed by atoms with E-state index in [1.807, 2.05) is 0 Å². The van der Waals surface area contributed by atoms with Gasteiger partial charge in [0.05, 0.1) is 26.0 Å². The summed E-state index contributed by atoms with van der Waals surface area (Å²) in [7, 11) is 0. The smallest absolute Gasteiger partial charge is 0.261 e. The molecular formula is C11H15N3O3. The number of hydrogen-bond donors (Lipinski definition) is 0. The number of carbonyl (C=O) groups is 1. The monoisotopic (exact) mass is 237 g/mol. The molecule has 2 aliphatic heterocycles. The predicted molar refractivity (Wildman–Crippen MR) is 59.1 cm³/mol. The van der Waals surface area contributed by atoms with Crippen LogP contribution in [0.5, 0.6) is 5.88 Å². The molecule has 0 atom stereocenters. The lowest BCUT2D eigenvalue weighted by Crippen LogP contribution is -2.40. The highest BCUT2D eigenvalue weighted by Gasteiger charge is 2.26. The van der Waals surface area contributed by atoms with Gasteiger partial charge in [-0.15, -0.1) is 0 Å². The Kier molecular flexibility index (Phi) is 2.72. The third-order valence-corrected chi connectivity index (χ3v) is 3.07. The van der Waals surface area contributed by atoms with Crippen LogP contribution in [-0.2, 0) is 11.3 Å². The summed E-state index contributed by atoms with van der Waals surface area (Å²) in [5, 5.41) is 4.19. The second-order valence-electron chi connectivity index (χ2n) is 4.19. The molecule has 0 N–H and O–H groups in total. The maximum Gasteiger partial charge on any atom is 0.261 e. The number of aryl methyl sites for hydroxylation is 1. The van der Waals surface area contributed by atoms with E-state index in [0.29, 0.717) is 44.4 Å². The topological polar surface area (TPSA) is 56.6 Å². The van der Waals surface area contributed by atoms with Crippen LogP contribution in [0.2, 0.25) is 0 Å². The Labute approximate surface area is 99.1 Å². The summed E-state index contributed by atoms with van der Waals surface area (Å²) in [5.41, 5.74) is 0.576. The molecule has 92 valence electrons. The van der Waals surface area contributed by atoms with Crippen LogP contribution in [-0.4, -0.2) is 53.5 Å². The number of amides is 1. The van der Waals surface area contributed by atoms with Crippen LogP contribution in [0.1, 0.15) is 16.8 Å². The van der Waals surface area contributed by atoms with E-state index in [2.05, 4.69) is 5.10 Å². The first-order chi connectivity index (χ1) is 8.36. The van der Waals surface area contributed by atoms with Gasteiger partial charge in [0.25, 0.3) is 5.91 Å². The van der Waals surface area contributed by atoms with E-state index in [0.717, 1.165) is 13.0 Å². The van der Waals surface area contributed by atoms with Gasteiger partial charge in [0, 0.05) is 26.1 Å². The molecule has 6 heteroatoms. The largest absolute Gasteiger partial charge is 0.477 e. The number of hydrogen-bond acceptors (Lipinski definition) is 4. The average Bonchev–Trinajstić information content (AvgIpc) is 2.83. The minimum Gasteiger partial charge on any atom is -0.477 e. The zero-order valence-electron chi connectivity index (χ0n) is 9.59. The van der Waals surface area contributed by atoms with Crippen molar-refractivity contribution >= 4 is 5.91 Å². The third kappa shape index (κ3) is 1.88. The standard InChI is InChI=1S/C11H15N3O3/c15-10(13-3-6-16-7-4-13)9-8-12-14-2-1-5-17-11(9)14/h8H,1-7H2. The van der Waals surface area contributed by atoms with Crippen molar-refractivity contribution in [3.63, 3.8) is 0 Å². The van der Waals surface area contributed by atoms with Gasteiger partial charge in [-0.05, 0) is 0 Å². The van der Waals surface area contributed by atoms with Gasteiger partial charge in [-0.1, -0.05) is 0 Å². The zero-order chi connectivity index (χ0) is 11.7. The minimum absolute atomic E-state index is 0.00329. The first-order valence-corrected chi connectivity index (χ1v) is 5.92. The Bertz CT molecular complexity index is 424. The summed E-state index contributed by atoms with van der Waals surface area (Å²) in [5.74, 6) is 0.615. The van der Waals surface area contributed by atoms with Crippen LogP contribution < -0.4 is 4.74 Å². The highest BCUT2D eigenvalue weighted by atomic mass is 16.5. The van der Waals surface area contributed by atoms with Crippen LogP contribution in [0.25, 0.3) is 0 Å². The Morgan fingerprint density at radius 3 is 2.88 bits per heavy atom. The predicted octanol–water partition coefficient (Wildman–Crippen LogP) is 0.138. The van der Waals surface area contributed by atoms with E-state index in [1.54, 1.807) is 15.8 Å². The van der Waals surface area contributed by atoms with Gasteiger partial charge >= 0.3 is 0 Å². The first-order valence-electron chi connectivity index (χ1n) is 5.92. The molecular weight excluding hydrogens is 222 g/mol. The maximum absolute atomic E-state index is 12.3. The molecule has 0 unspecified atom stereocenters. The summed E-state index contributed by atoms with van der Waals surface area (Å²) in [4.78, 5) is 14.1. The number of fused-ring (bicyclic) bond motifs is 1. The van der Waals surface area contributed by atoms with Crippen molar-refractivity contribution in [2.75, 3.05) is 32.9 Å². The van der Waals surface area contributed by atoms with Gasteiger partial charge in [0.1, 0.15) is 5.56 Å². The molecule has 6 nitrogen and oxygen atoms in total. The van der Waals surface area contributed by atoms with Crippen LogP contribution >= 0.6 is 0 Å². The Hall–Kier alpha value is -1.56. The molecule has 1 aromatic rings. The van der Waals surface area contributed by atoms with E-state index in [4.69, 9.17) is 9.47 Å². The van der Waals surface area contributed by atoms with Crippen LogP contribution in [0.4, 0.5) is 0 Å². The minimum atomic E-state index is -0.00329. The van der Waals surface area contributed by atoms with E-state index in [-0.39, 0.29) is 5.91 Å². The SMILES string of the molecule is O=C(c1cnn2c1OCCC2)N1CCOCC1. The molecule has 0 aromatic carbocycles. The number of morpholine rings is 1. The van der Waals surface area contributed by atoms with Crippen LogP contribution in [0, 0.1) is 0 Å². The Morgan fingerprint density at radius 1 is 1.24 bits per heavy atom. The number of aromatic nitrogens is 2. The number of nitrogens with zero attached hydrogens (tertiary/aromatic N) is 3. The highest BCUT2D eigenvalue weighted by molar-refractivity contribution is 5.96. The molecule has 0 radical (unpaired) electrons. The van der Waals surface area contributed by atoms with Gasteiger partial charge in [-0.3, -0.25) is 4.79 Å². The lowest BCUT2D eigenvalue weighted by Gasteiger charge is -2.27. The summed E-state index contributed by atoms with van der Waals surface area (Å²) >= 11 is 0. The summed E-state index contributed by atoms with van der Waals surface area (Å²) in [6, 6.07) is 0. The lowest BCUT2D eigenvalue weighted by molar-refractivity contribution is 0.0299. The van der Waals surface area contributed by atoms with Gasteiger partial charge in [0.2, 0.25) is 5.88 Å². The van der Waals surface area contributed by atoms with Crippen molar-refractivity contribution in [2.24, 2.45) is 0 Å².